The molecule has 13 heavy (non-hydrogen) atoms. The van der Waals surface area contributed by atoms with Gasteiger partial charge in [0, 0.05) is 22.3 Å². The Morgan fingerprint density at radius 2 is 2.08 bits per heavy atom. The van der Waals surface area contributed by atoms with Crippen LogP contribution in [0.2, 0.25) is 0 Å². The van der Waals surface area contributed by atoms with Gasteiger partial charge < -0.3 is 0 Å². The molecule has 0 spiro atoms. The summed E-state index contributed by atoms with van der Waals surface area (Å²) in [5.74, 6) is -0.485. The molecule has 0 radical (unpaired) electrons. The van der Waals surface area contributed by atoms with E-state index in [1.165, 1.54) is 12.3 Å². The highest BCUT2D eigenvalue weighted by atomic mass is 35.5. The van der Waals surface area contributed by atoms with Gasteiger partial charge in [0.15, 0.2) is 5.78 Å². The average Bonchev–Trinajstić information content (AvgIpc) is 2.02. The smallest absolute Gasteiger partial charge is 0.171 e. The van der Waals surface area contributed by atoms with Crippen LogP contribution < -0.4 is 0 Å². The van der Waals surface area contributed by atoms with Crippen molar-refractivity contribution in [2.75, 3.05) is 0 Å². The van der Waals surface area contributed by atoms with Crippen LogP contribution in [0.25, 0.3) is 0 Å². The van der Waals surface area contributed by atoms with Crippen molar-refractivity contribution < 1.29 is 4.79 Å². The van der Waals surface area contributed by atoms with Gasteiger partial charge in [0.2, 0.25) is 0 Å². The van der Waals surface area contributed by atoms with Gasteiger partial charge in [0.05, 0.1) is 11.6 Å². The Morgan fingerprint density at radius 3 is 2.85 bits per heavy atom. The third-order valence-corrected chi connectivity index (χ3v) is 2.43. The van der Waals surface area contributed by atoms with Gasteiger partial charge in [0.1, 0.15) is 0 Å². The molecule has 0 fully saturated rings. The number of hydrogen-bond acceptors (Lipinski definition) is 2. The van der Waals surface area contributed by atoms with Crippen molar-refractivity contribution in [3.63, 3.8) is 0 Å². The normalized spacial score (nSPS) is 26.2. The lowest BCUT2D eigenvalue weighted by Crippen LogP contribution is -2.25. The lowest BCUT2D eigenvalue weighted by atomic mass is 9.92. The van der Waals surface area contributed by atoms with E-state index in [-0.39, 0.29) is 5.78 Å². The molecule has 1 unspecified atom stereocenters. The summed E-state index contributed by atoms with van der Waals surface area (Å²) < 4.78 is 0. The molecule has 0 aromatic heterocycles. The van der Waals surface area contributed by atoms with Crippen LogP contribution in [0.15, 0.2) is 39.5 Å². The molecule has 1 atom stereocenters. The standard InChI is InChI=1S/C9H5Cl2NO/c10-5-3-6(11)9-7(4-5)12-2-1-8(9)13/h1-4,9H. The second kappa shape index (κ2) is 3.13. The van der Waals surface area contributed by atoms with Crippen LogP contribution in [0.3, 0.4) is 0 Å². The summed E-state index contributed by atoms with van der Waals surface area (Å²) in [6.07, 6.45) is 6.10. The van der Waals surface area contributed by atoms with E-state index in [1.807, 2.05) is 0 Å². The molecule has 1 heterocycles. The molecule has 1 aliphatic heterocycles. The Bertz CT molecular complexity index is 390. The molecule has 0 aromatic rings. The summed E-state index contributed by atoms with van der Waals surface area (Å²) in [5.41, 5.74) is 0.616. The summed E-state index contributed by atoms with van der Waals surface area (Å²) in [6, 6.07) is 0. The van der Waals surface area contributed by atoms with Crippen LogP contribution in [0.5, 0.6) is 0 Å². The highest BCUT2D eigenvalue weighted by molar-refractivity contribution is 6.41. The number of aliphatic imine (C=N–C) groups is 1. The van der Waals surface area contributed by atoms with E-state index in [2.05, 4.69) is 4.99 Å². The Balaban J connectivity index is 2.50. The number of ketones is 1. The molecule has 66 valence electrons. The molecule has 0 saturated heterocycles. The zero-order chi connectivity index (χ0) is 9.42. The van der Waals surface area contributed by atoms with E-state index in [4.69, 9.17) is 23.2 Å². The maximum Gasteiger partial charge on any atom is 0.171 e. The third-order valence-electron chi connectivity index (χ3n) is 1.88. The van der Waals surface area contributed by atoms with E-state index in [1.54, 1.807) is 12.2 Å². The molecule has 1 aliphatic carbocycles. The van der Waals surface area contributed by atoms with Crippen molar-refractivity contribution in [1.29, 1.82) is 0 Å². The van der Waals surface area contributed by atoms with Crippen molar-refractivity contribution >= 4 is 34.7 Å². The van der Waals surface area contributed by atoms with Crippen molar-refractivity contribution in [2.24, 2.45) is 10.9 Å². The Kier molecular flexibility index (Phi) is 2.10. The monoisotopic (exact) mass is 213 g/mol. The van der Waals surface area contributed by atoms with E-state index in [0.717, 1.165) is 0 Å². The number of fused-ring (bicyclic) bond motifs is 1. The van der Waals surface area contributed by atoms with E-state index in [9.17, 15) is 4.79 Å². The lowest BCUT2D eigenvalue weighted by Gasteiger charge is -2.19. The molecule has 0 bridgehead atoms. The van der Waals surface area contributed by atoms with E-state index >= 15 is 0 Å². The molecule has 2 nitrogen and oxygen atoms in total. The summed E-state index contributed by atoms with van der Waals surface area (Å²) in [7, 11) is 0. The number of allylic oxidation sites excluding steroid dienone is 5. The van der Waals surface area contributed by atoms with Gasteiger partial charge in [-0.3, -0.25) is 9.79 Å². The minimum Gasteiger partial charge on any atom is -0.294 e. The zero-order valence-corrected chi connectivity index (χ0v) is 8.01. The first-order valence-corrected chi connectivity index (χ1v) is 4.46. The fourth-order valence-corrected chi connectivity index (χ4v) is 1.93. The Hall–Kier alpha value is -0.860. The largest absolute Gasteiger partial charge is 0.294 e. The topological polar surface area (TPSA) is 29.4 Å². The minimum atomic E-state index is -0.436. The minimum absolute atomic E-state index is 0.0494. The summed E-state index contributed by atoms with van der Waals surface area (Å²) >= 11 is 11.6. The molecule has 0 saturated carbocycles. The van der Waals surface area contributed by atoms with Gasteiger partial charge in [0.25, 0.3) is 0 Å². The number of carbonyl (C=O) groups excluding carboxylic acids is 1. The lowest BCUT2D eigenvalue weighted by molar-refractivity contribution is -0.115. The SMILES string of the molecule is O=C1C=CN=C2C=C(Cl)C=C(Cl)C12. The molecular weight excluding hydrogens is 209 g/mol. The van der Waals surface area contributed by atoms with Crippen LogP contribution in [-0.4, -0.2) is 11.5 Å². The number of hydrogen-bond donors (Lipinski definition) is 0. The highest BCUT2D eigenvalue weighted by Crippen LogP contribution is 2.29. The maximum atomic E-state index is 11.4. The van der Waals surface area contributed by atoms with Gasteiger partial charge in [-0.1, -0.05) is 23.2 Å². The predicted molar refractivity (Wildman–Crippen MR) is 52.9 cm³/mol. The quantitative estimate of drug-likeness (QED) is 0.608. The Morgan fingerprint density at radius 1 is 1.31 bits per heavy atom. The molecule has 2 rings (SSSR count). The van der Waals surface area contributed by atoms with E-state index < -0.39 is 5.92 Å². The first-order chi connectivity index (χ1) is 6.18. The molecule has 0 amide bonds. The van der Waals surface area contributed by atoms with Crippen LogP contribution in [0, 0.1) is 5.92 Å². The van der Waals surface area contributed by atoms with Crippen molar-refractivity contribution in [3.05, 3.63) is 34.5 Å². The second-order valence-electron chi connectivity index (χ2n) is 2.76. The second-order valence-corrected chi connectivity index (χ2v) is 3.64. The fourth-order valence-electron chi connectivity index (χ4n) is 1.31. The van der Waals surface area contributed by atoms with Gasteiger partial charge in [-0.15, -0.1) is 0 Å². The number of halogens is 2. The van der Waals surface area contributed by atoms with E-state index in [0.29, 0.717) is 15.8 Å². The van der Waals surface area contributed by atoms with Crippen LogP contribution in [0.1, 0.15) is 0 Å². The summed E-state index contributed by atoms with van der Waals surface area (Å²) in [5, 5.41) is 0.934. The predicted octanol–water partition coefficient (Wildman–Crippen LogP) is 2.40. The number of nitrogens with zero attached hydrogens (tertiary/aromatic N) is 1. The first kappa shape index (κ1) is 8.73. The van der Waals surface area contributed by atoms with Crippen LogP contribution >= 0.6 is 23.2 Å². The molecule has 2 aliphatic rings. The number of rotatable bonds is 0. The van der Waals surface area contributed by atoms with Gasteiger partial charge in [-0.2, -0.15) is 0 Å². The third kappa shape index (κ3) is 1.47. The molecular formula is C9H5Cl2NO. The summed E-state index contributed by atoms with van der Waals surface area (Å²) in [6.45, 7) is 0. The van der Waals surface area contributed by atoms with Crippen LogP contribution in [-0.2, 0) is 4.79 Å². The maximum absolute atomic E-state index is 11.4. The van der Waals surface area contributed by atoms with Crippen molar-refractivity contribution in [2.45, 2.75) is 0 Å². The van der Waals surface area contributed by atoms with Crippen LogP contribution in [0.4, 0.5) is 0 Å². The number of carbonyl (C=O) groups is 1. The molecule has 0 N–H and O–H groups in total. The summed E-state index contributed by atoms with van der Waals surface area (Å²) in [4.78, 5) is 15.4. The van der Waals surface area contributed by atoms with Crippen molar-refractivity contribution in [3.8, 4) is 0 Å². The Labute approximate surface area is 85.2 Å². The van der Waals surface area contributed by atoms with Gasteiger partial charge in [-0.05, 0) is 12.2 Å². The van der Waals surface area contributed by atoms with Gasteiger partial charge >= 0.3 is 0 Å². The first-order valence-electron chi connectivity index (χ1n) is 3.71. The zero-order valence-electron chi connectivity index (χ0n) is 6.50. The molecule has 0 aromatic carbocycles. The average molecular weight is 214 g/mol. The molecule has 4 heteroatoms. The highest BCUT2D eigenvalue weighted by Gasteiger charge is 2.29. The fraction of sp³-hybridized carbons (Fsp3) is 0.111. The van der Waals surface area contributed by atoms with Crippen molar-refractivity contribution in [1.82, 2.24) is 0 Å². The van der Waals surface area contributed by atoms with Gasteiger partial charge in [-0.25, -0.2) is 0 Å².